The minimum Gasteiger partial charge on any atom is -0.383 e. The van der Waals surface area contributed by atoms with Gasteiger partial charge in [0.15, 0.2) is 0 Å². The van der Waals surface area contributed by atoms with E-state index in [1.807, 2.05) is 0 Å². The fraction of sp³-hybridized carbons (Fsp3) is 1.00. The molecule has 114 valence electrons. The Morgan fingerprint density at radius 2 is 1.89 bits per heavy atom. The number of hydrogen-bond donors (Lipinski definition) is 1. The third-order valence-corrected chi connectivity index (χ3v) is 4.73. The summed E-state index contributed by atoms with van der Waals surface area (Å²) in [7, 11) is -1.34. The van der Waals surface area contributed by atoms with Crippen LogP contribution < -0.4 is 5.32 Å². The van der Waals surface area contributed by atoms with Crippen molar-refractivity contribution < 1.29 is 13.2 Å². The molecule has 0 saturated carbocycles. The molecule has 19 heavy (non-hydrogen) atoms. The van der Waals surface area contributed by atoms with E-state index in [0.717, 1.165) is 32.6 Å². The van der Waals surface area contributed by atoms with Crippen LogP contribution in [0.3, 0.4) is 0 Å². The van der Waals surface area contributed by atoms with Crippen molar-refractivity contribution in [1.29, 1.82) is 0 Å². The van der Waals surface area contributed by atoms with Gasteiger partial charge in [-0.05, 0) is 13.0 Å². The first-order chi connectivity index (χ1) is 8.99. The van der Waals surface area contributed by atoms with Crippen LogP contribution in [0.15, 0.2) is 0 Å². The molecule has 1 atom stereocenters. The van der Waals surface area contributed by atoms with Gasteiger partial charge in [0.2, 0.25) is 10.0 Å². The van der Waals surface area contributed by atoms with Crippen molar-refractivity contribution in [2.45, 2.75) is 19.4 Å². The number of nitrogens with zero attached hydrogens (tertiary/aromatic N) is 2. The van der Waals surface area contributed by atoms with Crippen LogP contribution >= 0.6 is 0 Å². The maximum absolute atomic E-state index is 11.5. The lowest BCUT2D eigenvalue weighted by atomic mass is 10.2. The fourth-order valence-corrected chi connectivity index (χ4v) is 3.16. The molecule has 0 radical (unpaired) electrons. The summed E-state index contributed by atoms with van der Waals surface area (Å²) >= 11 is 0. The highest BCUT2D eigenvalue weighted by molar-refractivity contribution is 7.88. The average Bonchev–Trinajstić information content (AvgIpc) is 2.37. The summed E-state index contributed by atoms with van der Waals surface area (Å²) in [6.45, 7) is 7.41. The van der Waals surface area contributed by atoms with Gasteiger partial charge in [-0.3, -0.25) is 4.90 Å². The largest absolute Gasteiger partial charge is 0.383 e. The highest BCUT2D eigenvalue weighted by atomic mass is 32.2. The molecular formula is C12H27N3O3S. The Kier molecular flexibility index (Phi) is 7.23. The van der Waals surface area contributed by atoms with E-state index in [2.05, 4.69) is 17.1 Å². The number of rotatable bonds is 8. The molecular weight excluding hydrogens is 266 g/mol. The summed E-state index contributed by atoms with van der Waals surface area (Å²) in [5.74, 6) is 0. The predicted octanol–water partition coefficient (Wildman–Crippen LogP) is -0.422. The molecule has 6 nitrogen and oxygen atoms in total. The zero-order valence-electron chi connectivity index (χ0n) is 12.3. The van der Waals surface area contributed by atoms with Crippen LogP contribution in [0.5, 0.6) is 0 Å². The van der Waals surface area contributed by atoms with Crippen LogP contribution in [0.4, 0.5) is 0 Å². The van der Waals surface area contributed by atoms with Crippen LogP contribution in [0.1, 0.15) is 13.3 Å². The first-order valence-corrected chi connectivity index (χ1v) is 8.72. The highest BCUT2D eigenvalue weighted by Crippen LogP contribution is 2.09. The molecule has 1 heterocycles. The first kappa shape index (κ1) is 16.8. The molecule has 0 aromatic heterocycles. The lowest BCUT2D eigenvalue weighted by molar-refractivity contribution is 0.0676. The number of nitrogens with one attached hydrogen (secondary N) is 1. The van der Waals surface area contributed by atoms with E-state index in [0.29, 0.717) is 25.7 Å². The molecule has 1 aliphatic rings. The van der Waals surface area contributed by atoms with Gasteiger partial charge in [-0.2, -0.15) is 4.31 Å². The molecule has 1 N–H and O–H groups in total. The Balaban J connectivity index is 2.45. The van der Waals surface area contributed by atoms with Crippen molar-refractivity contribution in [2.24, 2.45) is 0 Å². The second-order valence-electron chi connectivity index (χ2n) is 5.01. The van der Waals surface area contributed by atoms with Crippen LogP contribution in [-0.2, 0) is 14.8 Å². The summed E-state index contributed by atoms with van der Waals surface area (Å²) in [6.07, 6.45) is 2.39. The lowest BCUT2D eigenvalue weighted by Crippen LogP contribution is -2.55. The Labute approximate surface area is 117 Å². The van der Waals surface area contributed by atoms with Crippen molar-refractivity contribution in [3.63, 3.8) is 0 Å². The van der Waals surface area contributed by atoms with Gasteiger partial charge in [-0.15, -0.1) is 0 Å². The van der Waals surface area contributed by atoms with Crippen molar-refractivity contribution >= 4 is 10.0 Å². The lowest BCUT2D eigenvalue weighted by Gasteiger charge is -2.38. The molecule has 1 rings (SSSR count). The topological polar surface area (TPSA) is 61.9 Å². The number of ether oxygens (including phenoxy) is 1. The van der Waals surface area contributed by atoms with Crippen molar-refractivity contribution in [3.8, 4) is 0 Å². The van der Waals surface area contributed by atoms with E-state index in [9.17, 15) is 8.42 Å². The van der Waals surface area contributed by atoms with E-state index in [-0.39, 0.29) is 0 Å². The summed E-state index contributed by atoms with van der Waals surface area (Å²) in [5.41, 5.74) is 0. The third kappa shape index (κ3) is 5.74. The van der Waals surface area contributed by atoms with Crippen molar-refractivity contribution in [1.82, 2.24) is 14.5 Å². The number of sulfonamides is 1. The van der Waals surface area contributed by atoms with E-state index in [1.54, 1.807) is 11.4 Å². The molecule has 1 fully saturated rings. The second kappa shape index (κ2) is 8.16. The summed E-state index contributed by atoms with van der Waals surface area (Å²) in [6, 6.07) is 0.318. The molecule has 0 aromatic rings. The van der Waals surface area contributed by atoms with Gasteiger partial charge in [-0.1, -0.05) is 6.92 Å². The second-order valence-corrected chi connectivity index (χ2v) is 6.99. The minimum absolute atomic E-state index is 0.318. The molecule has 0 bridgehead atoms. The van der Waals surface area contributed by atoms with E-state index in [4.69, 9.17) is 4.74 Å². The highest BCUT2D eigenvalue weighted by Gasteiger charge is 2.27. The molecule has 0 amide bonds. The molecule has 1 aliphatic heterocycles. The maximum atomic E-state index is 11.5. The van der Waals surface area contributed by atoms with Crippen molar-refractivity contribution in [2.75, 3.05) is 59.2 Å². The molecule has 7 heteroatoms. The molecule has 0 spiro atoms. The molecule has 1 unspecified atom stereocenters. The zero-order valence-corrected chi connectivity index (χ0v) is 13.1. The standard InChI is InChI=1S/C12H27N3O3S/c1-4-5-13-10-12(11-18-2)14-6-8-15(9-7-14)19(3,16)17/h12-13H,4-11H2,1-3H3. The van der Waals surface area contributed by atoms with Crippen LogP contribution in [0.2, 0.25) is 0 Å². The van der Waals surface area contributed by atoms with Gasteiger partial charge in [0.05, 0.1) is 12.9 Å². The Morgan fingerprint density at radius 3 is 2.37 bits per heavy atom. The van der Waals surface area contributed by atoms with E-state index < -0.39 is 10.0 Å². The van der Waals surface area contributed by atoms with Crippen molar-refractivity contribution in [3.05, 3.63) is 0 Å². The van der Waals surface area contributed by atoms with Gasteiger partial charge in [0.25, 0.3) is 0 Å². The predicted molar refractivity (Wildman–Crippen MR) is 76.8 cm³/mol. The number of hydrogen-bond acceptors (Lipinski definition) is 5. The number of piperazine rings is 1. The SMILES string of the molecule is CCCNCC(COC)N1CCN(S(C)(=O)=O)CC1. The zero-order chi connectivity index (χ0) is 14.3. The van der Waals surface area contributed by atoms with Gasteiger partial charge >= 0.3 is 0 Å². The maximum Gasteiger partial charge on any atom is 0.211 e. The molecule has 1 saturated heterocycles. The normalized spacial score (nSPS) is 20.6. The molecule has 0 aliphatic carbocycles. The van der Waals surface area contributed by atoms with Crippen LogP contribution in [0, 0.1) is 0 Å². The van der Waals surface area contributed by atoms with E-state index >= 15 is 0 Å². The van der Waals surface area contributed by atoms with Gasteiger partial charge in [-0.25, -0.2) is 8.42 Å². The summed E-state index contributed by atoms with van der Waals surface area (Å²) in [4.78, 5) is 2.31. The monoisotopic (exact) mass is 293 g/mol. The Morgan fingerprint density at radius 1 is 1.26 bits per heavy atom. The van der Waals surface area contributed by atoms with E-state index in [1.165, 1.54) is 6.26 Å². The third-order valence-electron chi connectivity index (χ3n) is 3.42. The van der Waals surface area contributed by atoms with Gasteiger partial charge in [0, 0.05) is 45.9 Å². The fourth-order valence-electron chi connectivity index (χ4n) is 2.33. The van der Waals surface area contributed by atoms with Gasteiger partial charge in [0.1, 0.15) is 0 Å². The van der Waals surface area contributed by atoms with Crippen LogP contribution in [-0.4, -0.2) is 82.9 Å². The summed E-state index contributed by atoms with van der Waals surface area (Å²) in [5, 5.41) is 3.41. The quantitative estimate of drug-likeness (QED) is 0.616. The first-order valence-electron chi connectivity index (χ1n) is 6.87. The summed E-state index contributed by atoms with van der Waals surface area (Å²) < 4.78 is 29.8. The number of methoxy groups -OCH3 is 1. The van der Waals surface area contributed by atoms with Crippen LogP contribution in [0.25, 0.3) is 0 Å². The smallest absolute Gasteiger partial charge is 0.211 e. The Hall–Kier alpha value is -0.210. The van der Waals surface area contributed by atoms with Gasteiger partial charge < -0.3 is 10.1 Å². The molecule has 0 aromatic carbocycles. The average molecular weight is 293 g/mol. The Bertz CT molecular complexity index is 340. The minimum atomic E-state index is -3.05.